The van der Waals surface area contributed by atoms with Crippen molar-refractivity contribution in [2.45, 2.75) is 26.2 Å². The van der Waals surface area contributed by atoms with E-state index in [-0.39, 0.29) is 5.92 Å². The van der Waals surface area contributed by atoms with Crippen molar-refractivity contribution in [2.75, 3.05) is 31.3 Å². The fourth-order valence-electron chi connectivity index (χ4n) is 2.22. The highest BCUT2D eigenvalue weighted by Crippen LogP contribution is 2.27. The van der Waals surface area contributed by atoms with Crippen molar-refractivity contribution in [3.8, 4) is 0 Å². The van der Waals surface area contributed by atoms with E-state index in [1.165, 1.54) is 0 Å². The standard InChI is InChI=1S/C11H23NO3S/c1-2-5-15-6-3-10(8-12)11-4-7-16(13,14)9-11/h10-11H,2-9,12H2,1H3. The van der Waals surface area contributed by atoms with E-state index in [2.05, 4.69) is 6.92 Å². The highest BCUT2D eigenvalue weighted by Gasteiger charge is 2.32. The third kappa shape index (κ3) is 4.39. The molecule has 2 N–H and O–H groups in total. The van der Waals surface area contributed by atoms with Crippen LogP contribution < -0.4 is 5.73 Å². The molecule has 1 fully saturated rings. The fraction of sp³-hybridized carbons (Fsp3) is 1.00. The summed E-state index contributed by atoms with van der Waals surface area (Å²) in [4.78, 5) is 0. The molecule has 0 radical (unpaired) electrons. The van der Waals surface area contributed by atoms with Crippen molar-refractivity contribution < 1.29 is 13.2 Å². The molecule has 0 aromatic rings. The lowest BCUT2D eigenvalue weighted by atomic mass is 9.89. The third-order valence-corrected chi connectivity index (χ3v) is 5.01. The molecule has 96 valence electrons. The Morgan fingerprint density at radius 1 is 1.44 bits per heavy atom. The Morgan fingerprint density at radius 2 is 2.19 bits per heavy atom. The van der Waals surface area contributed by atoms with Crippen LogP contribution in [0.4, 0.5) is 0 Å². The molecule has 2 unspecified atom stereocenters. The van der Waals surface area contributed by atoms with Gasteiger partial charge in [0, 0.05) is 13.2 Å². The molecule has 0 spiro atoms. The van der Waals surface area contributed by atoms with Crippen molar-refractivity contribution in [2.24, 2.45) is 17.6 Å². The van der Waals surface area contributed by atoms with E-state index in [1.54, 1.807) is 0 Å². The predicted molar refractivity (Wildman–Crippen MR) is 65.0 cm³/mol. The van der Waals surface area contributed by atoms with Gasteiger partial charge >= 0.3 is 0 Å². The summed E-state index contributed by atoms with van der Waals surface area (Å²) in [5.74, 6) is 1.21. The lowest BCUT2D eigenvalue weighted by Gasteiger charge is -2.20. The third-order valence-electron chi connectivity index (χ3n) is 3.22. The van der Waals surface area contributed by atoms with Gasteiger partial charge in [-0.15, -0.1) is 0 Å². The van der Waals surface area contributed by atoms with E-state index >= 15 is 0 Å². The molecule has 4 nitrogen and oxygen atoms in total. The zero-order valence-electron chi connectivity index (χ0n) is 10.0. The second-order valence-corrected chi connectivity index (χ2v) is 6.79. The topological polar surface area (TPSA) is 69.4 Å². The van der Waals surface area contributed by atoms with Crippen molar-refractivity contribution in [1.82, 2.24) is 0 Å². The van der Waals surface area contributed by atoms with Crippen molar-refractivity contribution in [3.05, 3.63) is 0 Å². The van der Waals surface area contributed by atoms with Gasteiger partial charge < -0.3 is 10.5 Å². The number of sulfone groups is 1. The number of ether oxygens (including phenoxy) is 1. The zero-order valence-corrected chi connectivity index (χ0v) is 10.8. The molecule has 0 saturated carbocycles. The second-order valence-electron chi connectivity index (χ2n) is 4.56. The first-order valence-corrected chi connectivity index (χ1v) is 7.89. The predicted octanol–water partition coefficient (Wildman–Crippen LogP) is 0.813. The average Bonchev–Trinajstić information content (AvgIpc) is 2.59. The number of rotatable bonds is 7. The van der Waals surface area contributed by atoms with E-state index < -0.39 is 9.84 Å². The Morgan fingerprint density at radius 3 is 2.69 bits per heavy atom. The molecule has 1 heterocycles. The maximum Gasteiger partial charge on any atom is 0.150 e. The van der Waals surface area contributed by atoms with Gasteiger partial charge in [-0.1, -0.05) is 6.92 Å². The van der Waals surface area contributed by atoms with Crippen LogP contribution in [0.25, 0.3) is 0 Å². The number of hydrogen-bond donors (Lipinski definition) is 1. The van der Waals surface area contributed by atoms with E-state index in [9.17, 15) is 8.42 Å². The highest BCUT2D eigenvalue weighted by atomic mass is 32.2. The van der Waals surface area contributed by atoms with Crippen molar-refractivity contribution >= 4 is 9.84 Å². The summed E-state index contributed by atoms with van der Waals surface area (Å²) < 4.78 is 28.2. The number of nitrogens with two attached hydrogens (primary N) is 1. The highest BCUT2D eigenvalue weighted by molar-refractivity contribution is 7.91. The van der Waals surface area contributed by atoms with Gasteiger partial charge in [0.05, 0.1) is 11.5 Å². The summed E-state index contributed by atoms with van der Waals surface area (Å²) in [6.45, 7) is 4.12. The van der Waals surface area contributed by atoms with E-state index in [1.807, 2.05) is 0 Å². The van der Waals surface area contributed by atoms with Gasteiger partial charge in [-0.05, 0) is 37.6 Å². The van der Waals surface area contributed by atoms with Crippen LogP contribution in [-0.2, 0) is 14.6 Å². The zero-order chi connectivity index (χ0) is 12.0. The van der Waals surface area contributed by atoms with Gasteiger partial charge in [0.15, 0.2) is 9.84 Å². The molecule has 0 amide bonds. The summed E-state index contributed by atoms with van der Waals surface area (Å²) in [5, 5.41) is 0. The Labute approximate surface area is 98.5 Å². The molecule has 0 bridgehead atoms. The van der Waals surface area contributed by atoms with Crippen LogP contribution in [-0.4, -0.2) is 39.7 Å². The minimum absolute atomic E-state index is 0.250. The Balaban J connectivity index is 2.31. The summed E-state index contributed by atoms with van der Waals surface area (Å²) in [6.07, 6.45) is 2.68. The Bertz CT molecular complexity index is 290. The molecule has 2 atom stereocenters. The van der Waals surface area contributed by atoms with Crippen molar-refractivity contribution in [1.29, 1.82) is 0 Å². The van der Waals surface area contributed by atoms with E-state index in [0.29, 0.717) is 30.6 Å². The maximum absolute atomic E-state index is 11.4. The Hall–Kier alpha value is -0.130. The molecular weight excluding hydrogens is 226 g/mol. The van der Waals surface area contributed by atoms with Crippen LogP contribution >= 0.6 is 0 Å². The molecule has 1 rings (SSSR count). The minimum Gasteiger partial charge on any atom is -0.381 e. The lowest BCUT2D eigenvalue weighted by Crippen LogP contribution is -2.26. The Kier molecular flexibility index (Phi) is 5.72. The molecule has 1 saturated heterocycles. The first-order valence-electron chi connectivity index (χ1n) is 6.07. The van der Waals surface area contributed by atoms with E-state index in [4.69, 9.17) is 10.5 Å². The van der Waals surface area contributed by atoms with Crippen LogP contribution in [0.3, 0.4) is 0 Å². The van der Waals surface area contributed by atoms with Crippen LogP contribution in [0.5, 0.6) is 0 Å². The summed E-state index contributed by atoms with van der Waals surface area (Å²) >= 11 is 0. The molecule has 0 aromatic carbocycles. The smallest absolute Gasteiger partial charge is 0.150 e. The van der Waals surface area contributed by atoms with Gasteiger partial charge in [0.2, 0.25) is 0 Å². The number of hydrogen-bond acceptors (Lipinski definition) is 4. The van der Waals surface area contributed by atoms with Gasteiger partial charge in [-0.25, -0.2) is 8.42 Å². The summed E-state index contributed by atoms with van der Waals surface area (Å²) in [5.41, 5.74) is 5.71. The quantitative estimate of drug-likeness (QED) is 0.678. The molecular formula is C11H23NO3S. The molecule has 1 aliphatic heterocycles. The molecule has 1 aliphatic rings. The van der Waals surface area contributed by atoms with Crippen LogP contribution in [0, 0.1) is 11.8 Å². The lowest BCUT2D eigenvalue weighted by molar-refractivity contribution is 0.114. The van der Waals surface area contributed by atoms with Crippen LogP contribution in [0.1, 0.15) is 26.2 Å². The van der Waals surface area contributed by atoms with Crippen molar-refractivity contribution in [3.63, 3.8) is 0 Å². The van der Waals surface area contributed by atoms with Gasteiger partial charge in [0.1, 0.15) is 0 Å². The largest absolute Gasteiger partial charge is 0.381 e. The SMILES string of the molecule is CCCOCCC(CN)C1CCS(=O)(=O)C1. The van der Waals surface area contributed by atoms with Gasteiger partial charge in [-0.3, -0.25) is 0 Å². The molecule has 5 heteroatoms. The van der Waals surface area contributed by atoms with Crippen LogP contribution in [0.2, 0.25) is 0 Å². The maximum atomic E-state index is 11.4. The van der Waals surface area contributed by atoms with E-state index in [0.717, 1.165) is 25.9 Å². The van der Waals surface area contributed by atoms with Gasteiger partial charge in [0.25, 0.3) is 0 Å². The first-order chi connectivity index (χ1) is 7.59. The molecule has 16 heavy (non-hydrogen) atoms. The molecule has 0 aliphatic carbocycles. The first kappa shape index (κ1) is 13.9. The van der Waals surface area contributed by atoms with Crippen LogP contribution in [0.15, 0.2) is 0 Å². The summed E-state index contributed by atoms with van der Waals surface area (Å²) in [7, 11) is -2.78. The normalized spacial score (nSPS) is 25.8. The minimum atomic E-state index is -2.78. The summed E-state index contributed by atoms with van der Waals surface area (Å²) in [6, 6.07) is 0. The van der Waals surface area contributed by atoms with Gasteiger partial charge in [-0.2, -0.15) is 0 Å². The molecule has 0 aromatic heterocycles. The fourth-order valence-corrected chi connectivity index (χ4v) is 4.14. The average molecular weight is 249 g/mol. The second kappa shape index (κ2) is 6.57. The monoisotopic (exact) mass is 249 g/mol.